The van der Waals surface area contributed by atoms with Crippen LogP contribution in [0, 0.1) is 0 Å². The summed E-state index contributed by atoms with van der Waals surface area (Å²) in [7, 11) is 0. The topological polar surface area (TPSA) is 36.0 Å². The van der Waals surface area contributed by atoms with E-state index in [1.807, 2.05) is 0 Å². The summed E-state index contributed by atoms with van der Waals surface area (Å²) >= 11 is 0. The monoisotopic (exact) mass is 183 g/mol. The minimum absolute atomic E-state index is 0.183. The highest BCUT2D eigenvalue weighted by atomic mass is 16.6. The lowest BCUT2D eigenvalue weighted by atomic mass is 10.1. The Morgan fingerprint density at radius 3 is 2.38 bits per heavy atom. The average molecular weight is 183 g/mol. The number of hydrogen-bond acceptors (Lipinski definition) is 3. The predicted octanol–water partition coefficient (Wildman–Crippen LogP) is 0.373. The third-order valence-corrected chi connectivity index (χ3v) is 3.66. The fourth-order valence-corrected chi connectivity index (χ4v) is 2.88. The molecular weight excluding hydrogens is 166 g/mol. The fourth-order valence-electron chi connectivity index (χ4n) is 2.88. The summed E-state index contributed by atoms with van der Waals surface area (Å²) in [6, 6.07) is 0.528. The van der Waals surface area contributed by atoms with Gasteiger partial charge in [-0.15, -0.1) is 0 Å². The standard InChI is InChI=1S/C10H17NO2/c12-8-6-7(9-10(8)13-9)11-4-2-1-3-5-11/h7-10,12H,1-6H2/t7-,8+,9+,10-/m1/s1. The predicted molar refractivity (Wildman–Crippen MR) is 48.5 cm³/mol. The molecule has 2 saturated heterocycles. The maximum atomic E-state index is 9.59. The maximum Gasteiger partial charge on any atom is 0.112 e. The minimum Gasteiger partial charge on any atom is -0.390 e. The number of hydrogen-bond donors (Lipinski definition) is 1. The molecule has 1 aliphatic carbocycles. The third kappa shape index (κ3) is 1.30. The van der Waals surface area contributed by atoms with E-state index in [0.717, 1.165) is 6.42 Å². The summed E-state index contributed by atoms with van der Waals surface area (Å²) < 4.78 is 5.44. The second kappa shape index (κ2) is 2.94. The maximum absolute atomic E-state index is 9.59. The molecule has 0 aromatic heterocycles. The van der Waals surface area contributed by atoms with Crippen LogP contribution in [0.15, 0.2) is 0 Å². The fraction of sp³-hybridized carbons (Fsp3) is 1.00. The zero-order valence-corrected chi connectivity index (χ0v) is 7.85. The molecule has 0 aromatic rings. The number of nitrogens with zero attached hydrogens (tertiary/aromatic N) is 1. The van der Waals surface area contributed by atoms with Gasteiger partial charge in [0.1, 0.15) is 12.2 Å². The van der Waals surface area contributed by atoms with Crippen molar-refractivity contribution in [2.75, 3.05) is 13.1 Å². The van der Waals surface area contributed by atoms with E-state index < -0.39 is 0 Å². The number of ether oxygens (including phenoxy) is 1. The first-order valence-electron chi connectivity index (χ1n) is 5.44. The van der Waals surface area contributed by atoms with Crippen molar-refractivity contribution in [3.63, 3.8) is 0 Å². The van der Waals surface area contributed by atoms with Crippen LogP contribution in [0.2, 0.25) is 0 Å². The summed E-state index contributed by atoms with van der Waals surface area (Å²) in [5.74, 6) is 0. The van der Waals surface area contributed by atoms with Crippen molar-refractivity contribution in [2.24, 2.45) is 0 Å². The van der Waals surface area contributed by atoms with Crippen LogP contribution in [0.1, 0.15) is 25.7 Å². The van der Waals surface area contributed by atoms with Crippen LogP contribution in [0.5, 0.6) is 0 Å². The number of aliphatic hydroxyl groups is 1. The van der Waals surface area contributed by atoms with Crippen molar-refractivity contribution in [2.45, 2.75) is 50.0 Å². The van der Waals surface area contributed by atoms with Gasteiger partial charge < -0.3 is 9.84 Å². The highest BCUT2D eigenvalue weighted by molar-refractivity contribution is 5.08. The van der Waals surface area contributed by atoms with Crippen LogP contribution in [-0.2, 0) is 4.74 Å². The molecule has 3 nitrogen and oxygen atoms in total. The summed E-state index contributed by atoms with van der Waals surface area (Å²) in [6.45, 7) is 2.42. The molecule has 4 atom stereocenters. The van der Waals surface area contributed by atoms with E-state index in [4.69, 9.17) is 4.74 Å². The number of aliphatic hydroxyl groups excluding tert-OH is 1. The molecule has 0 bridgehead atoms. The second-order valence-corrected chi connectivity index (χ2v) is 4.53. The van der Waals surface area contributed by atoms with Crippen molar-refractivity contribution in [3.8, 4) is 0 Å². The molecule has 0 unspecified atom stereocenters. The first-order valence-corrected chi connectivity index (χ1v) is 5.44. The summed E-state index contributed by atoms with van der Waals surface area (Å²) in [5.41, 5.74) is 0. The molecule has 3 rings (SSSR count). The zero-order chi connectivity index (χ0) is 8.84. The summed E-state index contributed by atoms with van der Waals surface area (Å²) in [4.78, 5) is 2.52. The molecule has 3 heteroatoms. The van der Waals surface area contributed by atoms with E-state index in [1.54, 1.807) is 0 Å². The first-order chi connectivity index (χ1) is 6.36. The van der Waals surface area contributed by atoms with Gasteiger partial charge in [0.2, 0.25) is 0 Å². The highest BCUT2D eigenvalue weighted by Crippen LogP contribution is 2.42. The number of epoxide rings is 1. The lowest BCUT2D eigenvalue weighted by molar-refractivity contribution is 0.0612. The molecule has 0 aromatic carbocycles. The van der Waals surface area contributed by atoms with Crippen molar-refractivity contribution < 1.29 is 9.84 Å². The third-order valence-electron chi connectivity index (χ3n) is 3.66. The van der Waals surface area contributed by atoms with Gasteiger partial charge >= 0.3 is 0 Å². The van der Waals surface area contributed by atoms with Gasteiger partial charge in [-0.2, -0.15) is 0 Å². The second-order valence-electron chi connectivity index (χ2n) is 4.53. The van der Waals surface area contributed by atoms with Crippen molar-refractivity contribution >= 4 is 0 Å². The number of rotatable bonds is 1. The Labute approximate surface area is 78.7 Å². The summed E-state index contributed by atoms with van der Waals surface area (Å²) in [5, 5.41) is 9.59. The highest BCUT2D eigenvalue weighted by Gasteiger charge is 2.57. The van der Waals surface area contributed by atoms with Crippen molar-refractivity contribution in [1.29, 1.82) is 0 Å². The number of piperidine rings is 1. The lowest BCUT2D eigenvalue weighted by Crippen LogP contribution is -2.41. The van der Waals surface area contributed by atoms with E-state index in [9.17, 15) is 5.11 Å². The van der Waals surface area contributed by atoms with Crippen molar-refractivity contribution in [1.82, 2.24) is 4.90 Å². The molecule has 74 valence electrons. The van der Waals surface area contributed by atoms with Crippen LogP contribution < -0.4 is 0 Å². The number of likely N-dealkylation sites (tertiary alicyclic amines) is 1. The Hall–Kier alpha value is -0.120. The van der Waals surface area contributed by atoms with Gasteiger partial charge in [-0.25, -0.2) is 0 Å². The zero-order valence-electron chi connectivity index (χ0n) is 7.85. The average Bonchev–Trinajstić information content (AvgIpc) is 2.89. The van der Waals surface area contributed by atoms with Gasteiger partial charge in [0, 0.05) is 6.04 Å². The van der Waals surface area contributed by atoms with Gasteiger partial charge in [-0.05, 0) is 32.4 Å². The Bertz CT molecular complexity index is 203. The smallest absolute Gasteiger partial charge is 0.112 e. The molecular formula is C10H17NO2. The van der Waals surface area contributed by atoms with Gasteiger partial charge in [0.15, 0.2) is 0 Å². The Balaban J connectivity index is 1.65. The molecule has 2 aliphatic heterocycles. The van der Waals surface area contributed by atoms with Crippen LogP contribution in [-0.4, -0.2) is 47.4 Å². The van der Waals surface area contributed by atoms with Gasteiger partial charge in [-0.1, -0.05) is 6.42 Å². The van der Waals surface area contributed by atoms with Crippen LogP contribution in [0.3, 0.4) is 0 Å². The first kappa shape index (κ1) is 8.21. The quantitative estimate of drug-likeness (QED) is 0.597. The molecule has 13 heavy (non-hydrogen) atoms. The molecule has 1 saturated carbocycles. The summed E-state index contributed by atoms with van der Waals surface area (Å²) in [6.07, 6.45) is 5.33. The Morgan fingerprint density at radius 1 is 1.08 bits per heavy atom. The molecule has 0 amide bonds. The molecule has 2 heterocycles. The van der Waals surface area contributed by atoms with E-state index in [1.165, 1.54) is 32.4 Å². The Kier molecular flexibility index (Phi) is 1.86. The minimum atomic E-state index is -0.183. The van der Waals surface area contributed by atoms with Gasteiger partial charge in [0.25, 0.3) is 0 Å². The van der Waals surface area contributed by atoms with Gasteiger partial charge in [0.05, 0.1) is 6.10 Å². The SMILES string of the molecule is O[C@H]1C[C@@H](N2CCCCC2)[C@@H]2O[C@@H]21. The Morgan fingerprint density at radius 2 is 1.85 bits per heavy atom. The molecule has 1 N–H and O–H groups in total. The lowest BCUT2D eigenvalue weighted by Gasteiger charge is -2.32. The van der Waals surface area contributed by atoms with Crippen LogP contribution >= 0.6 is 0 Å². The normalized spacial score (nSPS) is 50.5. The van der Waals surface area contributed by atoms with Crippen molar-refractivity contribution in [3.05, 3.63) is 0 Å². The van der Waals surface area contributed by atoms with E-state index in [0.29, 0.717) is 12.1 Å². The molecule has 0 spiro atoms. The van der Waals surface area contributed by atoms with E-state index in [-0.39, 0.29) is 12.2 Å². The largest absolute Gasteiger partial charge is 0.390 e. The molecule has 0 radical (unpaired) electrons. The van der Waals surface area contributed by atoms with Crippen LogP contribution in [0.4, 0.5) is 0 Å². The van der Waals surface area contributed by atoms with E-state index >= 15 is 0 Å². The molecule has 3 aliphatic rings. The molecule has 3 fully saturated rings. The van der Waals surface area contributed by atoms with Crippen LogP contribution in [0.25, 0.3) is 0 Å². The van der Waals surface area contributed by atoms with E-state index in [2.05, 4.69) is 4.90 Å². The number of fused-ring (bicyclic) bond motifs is 1. The van der Waals surface area contributed by atoms with Gasteiger partial charge in [-0.3, -0.25) is 4.90 Å².